The molecule has 1 amide bonds. The Bertz CT molecular complexity index is 1170. The molecular formula is C27H30ClN3O2. The van der Waals surface area contributed by atoms with Crippen molar-refractivity contribution in [3.63, 3.8) is 0 Å². The molecule has 6 heteroatoms. The Morgan fingerprint density at radius 2 is 1.85 bits per heavy atom. The molecule has 1 saturated heterocycles. The van der Waals surface area contributed by atoms with Crippen LogP contribution >= 0.6 is 11.6 Å². The lowest BCUT2D eigenvalue weighted by Crippen LogP contribution is -2.45. The minimum absolute atomic E-state index is 0.0465. The first-order chi connectivity index (χ1) is 15.6. The van der Waals surface area contributed by atoms with Crippen molar-refractivity contribution < 1.29 is 9.90 Å². The fraction of sp³-hybridized carbons (Fsp3) is 0.370. The smallest absolute Gasteiger partial charge is 0.253 e. The van der Waals surface area contributed by atoms with Crippen molar-refractivity contribution in [2.24, 2.45) is 5.92 Å². The highest BCUT2D eigenvalue weighted by Crippen LogP contribution is 2.32. The number of amides is 1. The van der Waals surface area contributed by atoms with Gasteiger partial charge in [-0.1, -0.05) is 45.4 Å². The fourth-order valence-corrected chi connectivity index (χ4v) is 4.35. The topological polar surface area (TPSA) is 66.3 Å². The summed E-state index contributed by atoms with van der Waals surface area (Å²) in [7, 11) is 0. The van der Waals surface area contributed by atoms with Gasteiger partial charge in [-0.15, -0.1) is 0 Å². The van der Waals surface area contributed by atoms with Gasteiger partial charge in [0.05, 0.1) is 6.10 Å². The second-order valence-corrected chi connectivity index (χ2v) is 10.3. The van der Waals surface area contributed by atoms with E-state index >= 15 is 0 Å². The quantitative estimate of drug-likeness (QED) is 0.548. The lowest BCUT2D eigenvalue weighted by Gasteiger charge is -2.34. The molecule has 3 aromatic rings. The fourth-order valence-electron chi connectivity index (χ4n) is 4.06. The number of aliphatic hydroxyl groups excluding tert-OH is 1. The molecule has 2 aromatic heterocycles. The third-order valence-electron chi connectivity index (χ3n) is 6.33. The Balaban J connectivity index is 1.60. The maximum atomic E-state index is 12.9. The van der Waals surface area contributed by atoms with Crippen LogP contribution in [0.5, 0.6) is 0 Å². The van der Waals surface area contributed by atoms with E-state index in [1.54, 1.807) is 23.2 Å². The Kier molecular flexibility index (Phi) is 6.55. The second kappa shape index (κ2) is 9.24. The Hall–Kier alpha value is -2.76. The van der Waals surface area contributed by atoms with Gasteiger partial charge in [-0.3, -0.25) is 14.8 Å². The number of aliphatic hydroxyl groups is 1. The molecule has 172 valence electrons. The molecule has 0 spiro atoms. The molecule has 1 aliphatic rings. The largest absolute Gasteiger partial charge is 0.391 e. The highest BCUT2D eigenvalue weighted by atomic mass is 35.5. The van der Waals surface area contributed by atoms with Gasteiger partial charge in [-0.25, -0.2) is 0 Å². The van der Waals surface area contributed by atoms with Gasteiger partial charge in [0.15, 0.2) is 0 Å². The minimum atomic E-state index is -0.488. The number of carbonyl (C=O) groups excluding carboxylic acids is 1. The van der Waals surface area contributed by atoms with E-state index in [1.165, 1.54) is 0 Å². The van der Waals surface area contributed by atoms with E-state index in [-0.39, 0.29) is 17.2 Å². The zero-order chi connectivity index (χ0) is 23.8. The van der Waals surface area contributed by atoms with Crippen LogP contribution in [0.2, 0.25) is 5.02 Å². The van der Waals surface area contributed by atoms with Crippen LogP contribution < -0.4 is 0 Å². The number of halogens is 1. The van der Waals surface area contributed by atoms with Gasteiger partial charge >= 0.3 is 0 Å². The summed E-state index contributed by atoms with van der Waals surface area (Å²) in [6, 6.07) is 11.5. The van der Waals surface area contributed by atoms with Gasteiger partial charge < -0.3 is 10.0 Å². The van der Waals surface area contributed by atoms with Gasteiger partial charge in [0.25, 0.3) is 5.91 Å². The van der Waals surface area contributed by atoms with Gasteiger partial charge in [0.2, 0.25) is 0 Å². The standard InChI is InChI=1S/C27H30ClN3O2/c1-17-8-10-31(16-24(17)32)26(33)19-5-6-22(23(28)12-19)21-11-20(14-29-15-21)18-7-9-30-25(13-18)27(2,3)4/h5-7,9,11-15,17,24,32H,8,10,16H2,1-4H3/t17-,24+/m1/s1. The number of benzene rings is 1. The summed E-state index contributed by atoms with van der Waals surface area (Å²) in [6.45, 7) is 9.43. The van der Waals surface area contributed by atoms with Crippen LogP contribution in [0.15, 0.2) is 55.0 Å². The van der Waals surface area contributed by atoms with E-state index in [4.69, 9.17) is 11.6 Å². The Morgan fingerprint density at radius 3 is 2.55 bits per heavy atom. The molecule has 0 bridgehead atoms. The maximum Gasteiger partial charge on any atom is 0.253 e. The number of hydrogen-bond acceptors (Lipinski definition) is 4. The normalized spacial score (nSPS) is 18.9. The van der Waals surface area contributed by atoms with Gasteiger partial charge in [0.1, 0.15) is 0 Å². The number of pyridine rings is 2. The van der Waals surface area contributed by atoms with Crippen molar-refractivity contribution in [3.8, 4) is 22.3 Å². The summed E-state index contributed by atoms with van der Waals surface area (Å²) in [5.41, 5.74) is 5.22. The first kappa shape index (κ1) is 23.4. The van der Waals surface area contributed by atoms with Gasteiger partial charge in [0, 0.05) is 70.1 Å². The first-order valence-corrected chi connectivity index (χ1v) is 11.7. The summed E-state index contributed by atoms with van der Waals surface area (Å²) in [4.78, 5) is 23.6. The van der Waals surface area contributed by atoms with E-state index in [2.05, 4.69) is 42.9 Å². The molecule has 1 aliphatic heterocycles. The van der Waals surface area contributed by atoms with Crippen LogP contribution in [0.3, 0.4) is 0 Å². The molecule has 3 heterocycles. The van der Waals surface area contributed by atoms with Crippen LogP contribution in [-0.4, -0.2) is 45.1 Å². The van der Waals surface area contributed by atoms with E-state index in [9.17, 15) is 9.90 Å². The molecule has 0 aliphatic carbocycles. The average molecular weight is 464 g/mol. The summed E-state index contributed by atoms with van der Waals surface area (Å²) < 4.78 is 0. The number of hydrogen-bond donors (Lipinski definition) is 1. The second-order valence-electron chi connectivity index (χ2n) is 9.92. The van der Waals surface area contributed by atoms with Crippen molar-refractivity contribution >= 4 is 17.5 Å². The lowest BCUT2D eigenvalue weighted by atomic mass is 9.90. The van der Waals surface area contributed by atoms with Crippen molar-refractivity contribution in [1.82, 2.24) is 14.9 Å². The molecule has 1 aromatic carbocycles. The average Bonchev–Trinajstić information content (AvgIpc) is 2.80. The van der Waals surface area contributed by atoms with E-state index in [1.807, 2.05) is 31.5 Å². The molecule has 0 saturated carbocycles. The van der Waals surface area contributed by atoms with Crippen molar-refractivity contribution in [2.45, 2.75) is 45.6 Å². The summed E-state index contributed by atoms with van der Waals surface area (Å²) in [6.07, 6.45) is 5.75. The SMILES string of the molecule is C[C@@H]1CCN(C(=O)c2ccc(-c3cncc(-c4ccnc(C(C)(C)C)c4)c3)c(Cl)c2)C[C@@H]1O. The number of likely N-dealkylation sites (tertiary alicyclic amines) is 1. The molecule has 1 N–H and O–H groups in total. The van der Waals surface area contributed by atoms with Crippen LogP contribution in [0.1, 0.15) is 50.2 Å². The van der Waals surface area contributed by atoms with E-state index in [0.717, 1.165) is 34.4 Å². The number of aromatic nitrogens is 2. The molecule has 0 radical (unpaired) electrons. The zero-order valence-corrected chi connectivity index (χ0v) is 20.3. The maximum absolute atomic E-state index is 12.9. The number of piperidine rings is 1. The summed E-state index contributed by atoms with van der Waals surface area (Å²) >= 11 is 6.62. The summed E-state index contributed by atoms with van der Waals surface area (Å²) in [5.74, 6) is 0.104. The predicted octanol–water partition coefficient (Wildman–Crippen LogP) is 5.60. The Morgan fingerprint density at radius 1 is 1.09 bits per heavy atom. The van der Waals surface area contributed by atoms with Gasteiger partial charge in [-0.2, -0.15) is 0 Å². The van der Waals surface area contributed by atoms with Crippen molar-refractivity contribution in [2.75, 3.05) is 13.1 Å². The van der Waals surface area contributed by atoms with Crippen LogP contribution in [0, 0.1) is 5.92 Å². The van der Waals surface area contributed by atoms with Crippen LogP contribution in [0.4, 0.5) is 0 Å². The van der Waals surface area contributed by atoms with Crippen LogP contribution in [-0.2, 0) is 5.41 Å². The molecule has 2 atom stereocenters. The molecule has 5 nitrogen and oxygen atoms in total. The highest BCUT2D eigenvalue weighted by molar-refractivity contribution is 6.33. The molecular weight excluding hydrogens is 434 g/mol. The zero-order valence-electron chi connectivity index (χ0n) is 19.5. The summed E-state index contributed by atoms with van der Waals surface area (Å²) in [5, 5.41) is 10.6. The van der Waals surface area contributed by atoms with Crippen LogP contribution in [0.25, 0.3) is 22.3 Å². The predicted molar refractivity (Wildman–Crippen MR) is 132 cm³/mol. The highest BCUT2D eigenvalue weighted by Gasteiger charge is 2.28. The molecule has 4 rings (SSSR count). The minimum Gasteiger partial charge on any atom is -0.391 e. The Labute approximate surface area is 200 Å². The number of β-amino-alcohol motifs (C(OH)–C–C–N with tert-alkyl or cyclic N) is 1. The molecule has 0 unspecified atom stereocenters. The molecule has 1 fully saturated rings. The van der Waals surface area contributed by atoms with Crippen molar-refractivity contribution in [1.29, 1.82) is 0 Å². The third-order valence-corrected chi connectivity index (χ3v) is 6.65. The number of rotatable bonds is 3. The third kappa shape index (κ3) is 5.10. The lowest BCUT2D eigenvalue weighted by molar-refractivity contribution is 0.0248. The monoisotopic (exact) mass is 463 g/mol. The first-order valence-electron chi connectivity index (χ1n) is 11.3. The van der Waals surface area contributed by atoms with E-state index < -0.39 is 6.10 Å². The van der Waals surface area contributed by atoms with Gasteiger partial charge in [-0.05, 0) is 48.2 Å². The molecule has 33 heavy (non-hydrogen) atoms. The number of carbonyl (C=O) groups is 1. The number of nitrogens with zero attached hydrogens (tertiary/aromatic N) is 3. The van der Waals surface area contributed by atoms with Crippen molar-refractivity contribution in [3.05, 3.63) is 71.3 Å². The van der Waals surface area contributed by atoms with E-state index in [0.29, 0.717) is 23.7 Å².